The summed E-state index contributed by atoms with van der Waals surface area (Å²) in [4.78, 5) is 11.9. The van der Waals surface area contributed by atoms with E-state index in [2.05, 4.69) is 15.8 Å². The molecule has 20 heavy (non-hydrogen) atoms. The van der Waals surface area contributed by atoms with E-state index >= 15 is 0 Å². The first-order valence-corrected chi connectivity index (χ1v) is 6.24. The summed E-state index contributed by atoms with van der Waals surface area (Å²) in [6, 6.07) is 8.64. The molecule has 2 rings (SSSR count). The van der Waals surface area contributed by atoms with Crippen molar-refractivity contribution in [3.8, 4) is 5.75 Å². The van der Waals surface area contributed by atoms with Crippen LogP contribution in [-0.4, -0.2) is 18.3 Å². The van der Waals surface area contributed by atoms with E-state index < -0.39 is 0 Å². The maximum atomic E-state index is 11.9. The second kappa shape index (κ2) is 6.10. The number of rotatable bonds is 4. The van der Waals surface area contributed by atoms with Crippen molar-refractivity contribution in [2.24, 2.45) is 0 Å². The molecule has 6 nitrogen and oxygen atoms in total. The smallest absolute Gasteiger partial charge is 0.320 e. The van der Waals surface area contributed by atoms with Gasteiger partial charge in [0.2, 0.25) is 0 Å². The van der Waals surface area contributed by atoms with Gasteiger partial charge in [0, 0.05) is 11.6 Å². The number of para-hydroxylation sites is 1. The van der Waals surface area contributed by atoms with Gasteiger partial charge in [0.05, 0.1) is 13.2 Å². The van der Waals surface area contributed by atoms with Crippen LogP contribution >= 0.6 is 0 Å². The predicted molar refractivity (Wildman–Crippen MR) is 74.8 cm³/mol. The lowest BCUT2D eigenvalue weighted by Gasteiger charge is -2.17. The van der Waals surface area contributed by atoms with Crippen LogP contribution in [0.15, 0.2) is 34.9 Å². The number of nitrogens with one attached hydrogen (secondary N) is 2. The van der Waals surface area contributed by atoms with Crippen LogP contribution in [0.1, 0.15) is 24.3 Å². The van der Waals surface area contributed by atoms with Gasteiger partial charge < -0.3 is 14.6 Å². The molecule has 0 aliphatic rings. The fourth-order valence-corrected chi connectivity index (χ4v) is 1.88. The predicted octanol–water partition coefficient (Wildman–Crippen LogP) is 2.87. The molecule has 0 aliphatic carbocycles. The normalized spacial score (nSPS) is 11.8. The number of urea groups is 1. The van der Waals surface area contributed by atoms with Gasteiger partial charge in [-0.3, -0.25) is 5.32 Å². The van der Waals surface area contributed by atoms with Gasteiger partial charge in [-0.1, -0.05) is 23.4 Å². The van der Waals surface area contributed by atoms with Gasteiger partial charge in [-0.15, -0.1) is 0 Å². The number of carbonyl (C=O) groups is 1. The quantitative estimate of drug-likeness (QED) is 0.899. The van der Waals surface area contributed by atoms with Gasteiger partial charge in [0.1, 0.15) is 11.5 Å². The number of aryl methyl sites for hydroxylation is 1. The van der Waals surface area contributed by atoms with Crippen molar-refractivity contribution in [2.75, 3.05) is 12.4 Å². The minimum atomic E-state index is -0.350. The van der Waals surface area contributed by atoms with Crippen LogP contribution in [0.2, 0.25) is 0 Å². The Kier molecular flexibility index (Phi) is 4.24. The largest absolute Gasteiger partial charge is 0.496 e. The van der Waals surface area contributed by atoms with Crippen LogP contribution in [0, 0.1) is 6.92 Å². The number of anilines is 1. The third-order valence-electron chi connectivity index (χ3n) is 2.82. The maximum Gasteiger partial charge on any atom is 0.320 e. The summed E-state index contributed by atoms with van der Waals surface area (Å²) in [5, 5.41) is 9.12. The molecule has 0 saturated heterocycles. The number of hydrogen-bond acceptors (Lipinski definition) is 4. The van der Waals surface area contributed by atoms with E-state index in [0.717, 1.165) is 11.3 Å². The van der Waals surface area contributed by atoms with E-state index in [1.165, 1.54) is 0 Å². The van der Waals surface area contributed by atoms with E-state index in [0.29, 0.717) is 11.6 Å². The highest BCUT2D eigenvalue weighted by Gasteiger charge is 2.14. The Morgan fingerprint density at radius 1 is 1.40 bits per heavy atom. The van der Waals surface area contributed by atoms with Gasteiger partial charge in [-0.2, -0.15) is 0 Å². The number of ether oxygens (including phenoxy) is 1. The summed E-state index contributed by atoms with van der Waals surface area (Å²) in [7, 11) is 1.60. The first-order chi connectivity index (χ1) is 9.60. The van der Waals surface area contributed by atoms with Crippen molar-refractivity contribution in [3.63, 3.8) is 0 Å². The van der Waals surface area contributed by atoms with Crippen LogP contribution in [-0.2, 0) is 0 Å². The number of benzene rings is 1. The van der Waals surface area contributed by atoms with Crippen molar-refractivity contribution < 1.29 is 14.1 Å². The molecule has 1 aromatic carbocycles. The highest BCUT2D eigenvalue weighted by Crippen LogP contribution is 2.24. The Hall–Kier alpha value is -2.50. The second-order valence-corrected chi connectivity index (χ2v) is 4.38. The SMILES string of the molecule is COc1ccccc1C(C)NC(=O)Nc1cc(C)on1. The zero-order valence-corrected chi connectivity index (χ0v) is 11.6. The average Bonchev–Trinajstić information content (AvgIpc) is 2.83. The fraction of sp³-hybridized carbons (Fsp3) is 0.286. The highest BCUT2D eigenvalue weighted by atomic mass is 16.5. The van der Waals surface area contributed by atoms with Crippen LogP contribution < -0.4 is 15.4 Å². The summed E-state index contributed by atoms with van der Waals surface area (Å²) in [6.07, 6.45) is 0. The van der Waals surface area contributed by atoms with Gasteiger partial charge in [0.15, 0.2) is 5.82 Å². The molecule has 6 heteroatoms. The van der Waals surface area contributed by atoms with E-state index in [-0.39, 0.29) is 12.1 Å². The van der Waals surface area contributed by atoms with E-state index in [4.69, 9.17) is 9.26 Å². The highest BCUT2D eigenvalue weighted by molar-refractivity contribution is 5.88. The Balaban J connectivity index is 2.00. The number of carbonyl (C=O) groups excluding carboxylic acids is 1. The molecule has 0 aliphatic heterocycles. The standard InChI is InChI=1S/C14H17N3O3/c1-9-8-13(17-20-9)16-14(18)15-10(2)11-6-4-5-7-12(11)19-3/h4-8,10H,1-3H3,(H2,15,16,17,18). The Bertz CT molecular complexity index is 595. The molecule has 1 unspecified atom stereocenters. The zero-order chi connectivity index (χ0) is 14.5. The van der Waals surface area contributed by atoms with Gasteiger partial charge in [-0.25, -0.2) is 4.79 Å². The minimum absolute atomic E-state index is 0.195. The summed E-state index contributed by atoms with van der Waals surface area (Å²) >= 11 is 0. The monoisotopic (exact) mass is 275 g/mol. The lowest BCUT2D eigenvalue weighted by atomic mass is 10.1. The number of aromatic nitrogens is 1. The van der Waals surface area contributed by atoms with Crippen molar-refractivity contribution in [2.45, 2.75) is 19.9 Å². The molecule has 106 valence electrons. The van der Waals surface area contributed by atoms with Crippen LogP contribution in [0.5, 0.6) is 5.75 Å². The van der Waals surface area contributed by atoms with E-state index in [1.807, 2.05) is 31.2 Å². The summed E-state index contributed by atoms with van der Waals surface area (Å²) in [5.74, 6) is 1.75. The maximum absolute atomic E-state index is 11.9. The Morgan fingerprint density at radius 3 is 2.80 bits per heavy atom. The zero-order valence-electron chi connectivity index (χ0n) is 11.6. The van der Waals surface area contributed by atoms with Crippen molar-refractivity contribution in [1.82, 2.24) is 10.5 Å². The lowest BCUT2D eigenvalue weighted by molar-refractivity contribution is 0.249. The average molecular weight is 275 g/mol. The molecule has 0 radical (unpaired) electrons. The minimum Gasteiger partial charge on any atom is -0.496 e. The number of hydrogen-bond donors (Lipinski definition) is 2. The number of methoxy groups -OCH3 is 1. The topological polar surface area (TPSA) is 76.4 Å². The summed E-state index contributed by atoms with van der Waals surface area (Å²) in [6.45, 7) is 3.64. The van der Waals surface area contributed by atoms with Crippen molar-refractivity contribution >= 4 is 11.8 Å². The van der Waals surface area contributed by atoms with E-state index in [1.54, 1.807) is 20.1 Å². The fourth-order valence-electron chi connectivity index (χ4n) is 1.88. The molecule has 2 amide bonds. The molecule has 1 atom stereocenters. The molecule has 0 bridgehead atoms. The van der Waals surface area contributed by atoms with Crippen molar-refractivity contribution in [3.05, 3.63) is 41.7 Å². The molecule has 0 fully saturated rings. The van der Waals surface area contributed by atoms with Gasteiger partial charge in [0.25, 0.3) is 0 Å². The second-order valence-electron chi connectivity index (χ2n) is 4.38. The lowest BCUT2D eigenvalue weighted by Crippen LogP contribution is -2.31. The molecule has 1 aromatic heterocycles. The first kappa shape index (κ1) is 13.9. The molecule has 0 spiro atoms. The third kappa shape index (κ3) is 3.28. The molecule has 2 N–H and O–H groups in total. The van der Waals surface area contributed by atoms with Crippen LogP contribution in [0.25, 0.3) is 0 Å². The summed E-state index contributed by atoms with van der Waals surface area (Å²) in [5.41, 5.74) is 0.904. The first-order valence-electron chi connectivity index (χ1n) is 6.24. The third-order valence-corrected chi connectivity index (χ3v) is 2.82. The van der Waals surface area contributed by atoms with Crippen LogP contribution in [0.4, 0.5) is 10.6 Å². The van der Waals surface area contributed by atoms with Crippen LogP contribution in [0.3, 0.4) is 0 Å². The van der Waals surface area contributed by atoms with Gasteiger partial charge >= 0.3 is 6.03 Å². The molecular weight excluding hydrogens is 258 g/mol. The van der Waals surface area contributed by atoms with Crippen molar-refractivity contribution in [1.29, 1.82) is 0 Å². The molecule has 1 heterocycles. The number of nitrogens with zero attached hydrogens (tertiary/aromatic N) is 1. The molecule has 0 saturated carbocycles. The molecule has 2 aromatic rings. The Labute approximate surface area is 117 Å². The number of amides is 2. The summed E-state index contributed by atoms with van der Waals surface area (Å²) < 4.78 is 10.1. The van der Waals surface area contributed by atoms with E-state index in [9.17, 15) is 4.79 Å². The molecular formula is C14H17N3O3. The van der Waals surface area contributed by atoms with Gasteiger partial charge in [-0.05, 0) is 19.9 Å². The Morgan fingerprint density at radius 2 is 2.15 bits per heavy atom.